The number of carbonyl (C=O) groups is 1. The van der Waals surface area contributed by atoms with Crippen molar-refractivity contribution in [3.63, 3.8) is 0 Å². The average Bonchev–Trinajstić information content (AvgIpc) is 2.90. The Labute approximate surface area is 230 Å². The maximum Gasteiger partial charge on any atom is 0.210 e. The molecule has 2 aromatic rings. The highest BCUT2D eigenvalue weighted by molar-refractivity contribution is 7.88. The largest absolute Gasteiger partial charge is 0.497 e. The van der Waals surface area contributed by atoms with Crippen molar-refractivity contribution in [2.45, 2.75) is 32.3 Å². The molecule has 0 aromatic heterocycles. The van der Waals surface area contributed by atoms with Gasteiger partial charge >= 0.3 is 0 Å². The van der Waals surface area contributed by atoms with Crippen LogP contribution in [-0.2, 0) is 16.6 Å². The highest BCUT2D eigenvalue weighted by Crippen LogP contribution is 2.32. The van der Waals surface area contributed by atoms with E-state index >= 15 is 0 Å². The molecular formula is C27H38ClN3O6S. The van der Waals surface area contributed by atoms with Crippen molar-refractivity contribution in [1.29, 1.82) is 0 Å². The number of likely N-dealkylation sites (tertiary alicyclic amines) is 1. The Hall–Kier alpha value is -2.53. The molecule has 1 aliphatic rings. The number of ether oxygens (including phenoxy) is 3. The summed E-state index contributed by atoms with van der Waals surface area (Å²) in [6.07, 6.45) is 4.31. The van der Waals surface area contributed by atoms with E-state index in [2.05, 4.69) is 4.90 Å². The standard InChI is InChI=1S/C27H38ClN3O6S/c1-30(38(4,33)34)11-12-31-9-7-19(8-10-31)5-6-26(32)23-16-24(28)25(29)17-27(23)37-18-20-13-21(35-2)15-22(14-20)36-3/h13-17,19H,5-12,18,29H2,1-4H3. The van der Waals surface area contributed by atoms with Crippen molar-refractivity contribution in [1.82, 2.24) is 9.21 Å². The summed E-state index contributed by atoms with van der Waals surface area (Å²) < 4.78 is 41.2. The molecule has 0 bridgehead atoms. The van der Waals surface area contributed by atoms with E-state index in [4.69, 9.17) is 31.5 Å². The van der Waals surface area contributed by atoms with Crippen LogP contribution in [0.3, 0.4) is 0 Å². The second-order valence-corrected chi connectivity index (χ2v) is 12.2. The Morgan fingerprint density at radius 1 is 1.11 bits per heavy atom. The van der Waals surface area contributed by atoms with Gasteiger partial charge in [-0.15, -0.1) is 0 Å². The third-order valence-corrected chi connectivity index (χ3v) is 8.63. The summed E-state index contributed by atoms with van der Waals surface area (Å²) in [7, 11) is 1.60. The highest BCUT2D eigenvalue weighted by atomic mass is 35.5. The molecule has 0 saturated carbocycles. The number of rotatable bonds is 13. The van der Waals surface area contributed by atoms with Gasteiger partial charge in [-0.2, -0.15) is 0 Å². The van der Waals surface area contributed by atoms with Crippen molar-refractivity contribution in [2.75, 3.05) is 59.4 Å². The van der Waals surface area contributed by atoms with Crippen LogP contribution < -0.4 is 19.9 Å². The quantitative estimate of drug-likeness (QED) is 0.285. The number of carbonyl (C=O) groups excluding carboxylic acids is 1. The number of piperidine rings is 1. The molecule has 1 saturated heterocycles. The third-order valence-electron chi connectivity index (χ3n) is 6.99. The summed E-state index contributed by atoms with van der Waals surface area (Å²) in [6.45, 7) is 3.16. The molecule has 1 fully saturated rings. The van der Waals surface area contributed by atoms with Crippen LogP contribution >= 0.6 is 11.6 Å². The van der Waals surface area contributed by atoms with Gasteiger partial charge in [0.1, 0.15) is 23.9 Å². The fraction of sp³-hybridized carbons (Fsp3) is 0.519. The van der Waals surface area contributed by atoms with Crippen LogP contribution in [0.25, 0.3) is 0 Å². The number of nitrogens with zero attached hydrogens (tertiary/aromatic N) is 2. The van der Waals surface area contributed by atoms with Crippen molar-refractivity contribution in [2.24, 2.45) is 5.92 Å². The second-order valence-electron chi connectivity index (χ2n) is 9.71. The average molecular weight is 568 g/mol. The molecule has 210 valence electrons. The number of Topliss-reactive ketones (excluding diaryl/α,β-unsaturated/α-hetero) is 1. The maximum atomic E-state index is 13.2. The molecule has 0 radical (unpaired) electrons. The van der Waals surface area contributed by atoms with Gasteiger partial charge in [0.05, 0.1) is 36.7 Å². The van der Waals surface area contributed by atoms with Crippen LogP contribution in [0.15, 0.2) is 30.3 Å². The molecule has 0 spiro atoms. The second kappa shape index (κ2) is 13.5. The monoisotopic (exact) mass is 567 g/mol. The van der Waals surface area contributed by atoms with Crippen LogP contribution in [0.5, 0.6) is 17.2 Å². The van der Waals surface area contributed by atoms with Gasteiger partial charge in [0, 0.05) is 38.7 Å². The SMILES string of the molecule is COc1cc(COc2cc(N)c(Cl)cc2C(=O)CCC2CCN(CCN(C)S(C)(=O)=O)CC2)cc(OC)c1. The minimum absolute atomic E-state index is 0.0395. The van der Waals surface area contributed by atoms with Crippen molar-refractivity contribution in [3.8, 4) is 17.2 Å². The maximum absolute atomic E-state index is 13.2. The molecule has 9 nitrogen and oxygen atoms in total. The molecule has 1 heterocycles. The van der Waals surface area contributed by atoms with E-state index in [1.807, 2.05) is 12.1 Å². The number of anilines is 1. The van der Waals surface area contributed by atoms with E-state index in [0.29, 0.717) is 59.0 Å². The number of likely N-dealkylation sites (N-methyl/N-ethyl adjacent to an activating group) is 1. The zero-order valence-corrected chi connectivity index (χ0v) is 24.1. The number of methoxy groups -OCH3 is 2. The third kappa shape index (κ3) is 8.49. The lowest BCUT2D eigenvalue weighted by molar-refractivity contribution is 0.0957. The number of nitrogen functional groups attached to an aromatic ring is 1. The number of benzene rings is 2. The molecule has 0 aliphatic carbocycles. The first-order chi connectivity index (χ1) is 18.0. The summed E-state index contributed by atoms with van der Waals surface area (Å²) in [4.78, 5) is 15.5. The van der Waals surface area contributed by atoms with Crippen LogP contribution in [0.2, 0.25) is 5.02 Å². The summed E-state index contributed by atoms with van der Waals surface area (Å²) in [5.74, 6) is 2.07. The Kier molecular flexibility index (Phi) is 10.7. The fourth-order valence-corrected chi connectivity index (χ4v) is 5.01. The van der Waals surface area contributed by atoms with Gasteiger partial charge in [0.2, 0.25) is 10.0 Å². The summed E-state index contributed by atoms with van der Waals surface area (Å²) in [6, 6.07) is 8.64. The van der Waals surface area contributed by atoms with Gasteiger partial charge in [0.25, 0.3) is 0 Å². The Bertz CT molecular complexity index is 1190. The number of sulfonamides is 1. The Balaban J connectivity index is 1.57. The lowest BCUT2D eigenvalue weighted by Gasteiger charge is -2.32. The zero-order chi connectivity index (χ0) is 27.9. The molecule has 3 rings (SSSR count). The number of nitrogens with two attached hydrogens (primary N) is 1. The van der Waals surface area contributed by atoms with E-state index in [1.165, 1.54) is 10.6 Å². The number of hydrogen-bond acceptors (Lipinski definition) is 8. The molecule has 1 aliphatic heterocycles. The Morgan fingerprint density at radius 3 is 2.32 bits per heavy atom. The number of hydrogen-bond donors (Lipinski definition) is 1. The van der Waals surface area contributed by atoms with Gasteiger partial charge in [0.15, 0.2) is 5.78 Å². The van der Waals surface area contributed by atoms with Gasteiger partial charge in [-0.25, -0.2) is 12.7 Å². The van der Waals surface area contributed by atoms with Gasteiger partial charge < -0.3 is 24.8 Å². The lowest BCUT2D eigenvalue weighted by atomic mass is 9.90. The van der Waals surface area contributed by atoms with Gasteiger partial charge in [-0.3, -0.25) is 4.79 Å². The van der Waals surface area contributed by atoms with Crippen molar-refractivity contribution in [3.05, 3.63) is 46.5 Å². The van der Waals surface area contributed by atoms with Gasteiger partial charge in [-0.05, 0) is 62.0 Å². The van der Waals surface area contributed by atoms with E-state index in [-0.39, 0.29) is 12.4 Å². The molecule has 0 unspecified atom stereocenters. The minimum Gasteiger partial charge on any atom is -0.497 e. The minimum atomic E-state index is -3.16. The van der Waals surface area contributed by atoms with Crippen molar-refractivity contribution >= 4 is 33.1 Å². The van der Waals surface area contributed by atoms with E-state index in [1.54, 1.807) is 39.5 Å². The van der Waals surface area contributed by atoms with Crippen LogP contribution in [0.1, 0.15) is 41.6 Å². The molecule has 0 amide bonds. The summed E-state index contributed by atoms with van der Waals surface area (Å²) in [5, 5.41) is 0.316. The fourth-order valence-electron chi connectivity index (χ4n) is 4.43. The Morgan fingerprint density at radius 2 is 1.74 bits per heavy atom. The smallest absolute Gasteiger partial charge is 0.210 e. The van der Waals surface area contributed by atoms with E-state index < -0.39 is 10.0 Å². The zero-order valence-electron chi connectivity index (χ0n) is 22.5. The first-order valence-electron chi connectivity index (χ1n) is 12.6. The topological polar surface area (TPSA) is 111 Å². The van der Waals surface area contributed by atoms with E-state index in [0.717, 1.165) is 37.9 Å². The lowest BCUT2D eigenvalue weighted by Crippen LogP contribution is -2.40. The molecule has 2 N–H and O–H groups in total. The normalized spacial score (nSPS) is 15.0. The molecule has 38 heavy (non-hydrogen) atoms. The molecular weight excluding hydrogens is 530 g/mol. The van der Waals surface area contributed by atoms with Crippen LogP contribution in [0.4, 0.5) is 5.69 Å². The molecule has 11 heteroatoms. The van der Waals surface area contributed by atoms with Crippen LogP contribution in [0, 0.1) is 5.92 Å². The van der Waals surface area contributed by atoms with E-state index in [9.17, 15) is 13.2 Å². The van der Waals surface area contributed by atoms with Crippen LogP contribution in [-0.4, -0.2) is 77.1 Å². The van der Waals surface area contributed by atoms with Gasteiger partial charge in [-0.1, -0.05) is 11.6 Å². The number of ketones is 1. The predicted molar refractivity (Wildman–Crippen MR) is 150 cm³/mol. The molecule has 0 atom stereocenters. The first kappa shape index (κ1) is 30.0. The number of halogens is 1. The molecule has 2 aromatic carbocycles. The van der Waals surface area contributed by atoms with Crippen molar-refractivity contribution < 1.29 is 27.4 Å². The summed E-state index contributed by atoms with van der Waals surface area (Å²) in [5.41, 5.74) is 7.60. The first-order valence-corrected chi connectivity index (χ1v) is 14.8. The summed E-state index contributed by atoms with van der Waals surface area (Å²) >= 11 is 6.26. The highest BCUT2D eigenvalue weighted by Gasteiger charge is 2.23. The predicted octanol–water partition coefficient (Wildman–Crippen LogP) is 4.08.